The molecule has 0 radical (unpaired) electrons. The smallest absolute Gasteiger partial charge is 0.270 e. The van der Waals surface area contributed by atoms with Gasteiger partial charge in [0.1, 0.15) is 5.75 Å². The topological polar surface area (TPSA) is 55.6 Å². The average Bonchev–Trinajstić information content (AvgIpc) is 2.95. The van der Waals surface area contributed by atoms with Crippen molar-refractivity contribution < 1.29 is 18.4 Å². The fourth-order valence-corrected chi connectivity index (χ4v) is 4.73. The molecule has 2 aliphatic heterocycles. The summed E-state index contributed by atoms with van der Waals surface area (Å²) in [7, 11) is 0. The Balaban J connectivity index is 1.64. The first kappa shape index (κ1) is 20.2. The molecular formula is C25H20F2N2O3. The van der Waals surface area contributed by atoms with Crippen molar-refractivity contribution in [1.82, 2.24) is 0 Å². The van der Waals surface area contributed by atoms with Crippen molar-refractivity contribution in [3.8, 4) is 5.75 Å². The van der Waals surface area contributed by atoms with E-state index in [0.717, 1.165) is 17.3 Å². The molecular weight excluding hydrogens is 414 g/mol. The van der Waals surface area contributed by atoms with Gasteiger partial charge in [0.15, 0.2) is 11.6 Å². The number of rotatable bonds is 3. The number of anilines is 1. The number of hydrogen-bond acceptors (Lipinski definition) is 4. The Bertz CT molecular complexity index is 1290. The zero-order valence-corrected chi connectivity index (χ0v) is 17.5. The molecule has 0 N–H and O–H groups in total. The Labute approximate surface area is 183 Å². The van der Waals surface area contributed by atoms with E-state index in [9.17, 15) is 18.9 Å². The monoisotopic (exact) mass is 434 g/mol. The quantitative estimate of drug-likeness (QED) is 0.376. The number of fused-ring (bicyclic) bond motifs is 2. The first-order valence-electron chi connectivity index (χ1n) is 10.2. The van der Waals surface area contributed by atoms with Crippen molar-refractivity contribution in [2.75, 3.05) is 4.90 Å². The predicted octanol–water partition coefficient (Wildman–Crippen LogP) is 5.97. The van der Waals surface area contributed by atoms with Gasteiger partial charge in [-0.15, -0.1) is 0 Å². The third kappa shape index (κ3) is 2.81. The molecule has 0 aromatic heterocycles. The first-order chi connectivity index (χ1) is 15.2. The third-order valence-corrected chi connectivity index (χ3v) is 6.45. The van der Waals surface area contributed by atoms with Crippen LogP contribution in [0.25, 0.3) is 6.08 Å². The molecule has 1 spiro atoms. The molecule has 5 nitrogen and oxygen atoms in total. The summed E-state index contributed by atoms with van der Waals surface area (Å²) < 4.78 is 34.0. The summed E-state index contributed by atoms with van der Waals surface area (Å²) in [5, 5.41) is 11.2. The molecule has 3 aromatic rings. The number of para-hydroxylation sites is 1. The highest BCUT2D eigenvalue weighted by molar-refractivity contribution is 5.73. The van der Waals surface area contributed by atoms with Crippen LogP contribution in [-0.4, -0.2) is 10.6 Å². The van der Waals surface area contributed by atoms with Crippen LogP contribution in [0.15, 0.2) is 66.7 Å². The Morgan fingerprint density at radius 1 is 1.03 bits per heavy atom. The van der Waals surface area contributed by atoms with Gasteiger partial charge in [-0.05, 0) is 61.4 Å². The maximum atomic E-state index is 13.9. The molecule has 0 bridgehead atoms. The summed E-state index contributed by atoms with van der Waals surface area (Å²) in [6.45, 7) is 4.42. The number of halogens is 2. The van der Waals surface area contributed by atoms with Crippen LogP contribution in [0.4, 0.5) is 20.2 Å². The first-order valence-corrected chi connectivity index (χ1v) is 10.2. The lowest BCUT2D eigenvalue weighted by molar-refractivity contribution is -0.384. The Kier molecular flexibility index (Phi) is 4.34. The Hall–Kier alpha value is -3.74. The normalized spacial score (nSPS) is 20.1. The maximum Gasteiger partial charge on any atom is 0.270 e. The van der Waals surface area contributed by atoms with Gasteiger partial charge in [-0.2, -0.15) is 0 Å². The van der Waals surface area contributed by atoms with E-state index in [1.54, 1.807) is 12.1 Å². The molecule has 162 valence electrons. The highest BCUT2D eigenvalue weighted by atomic mass is 19.2. The van der Waals surface area contributed by atoms with E-state index in [1.807, 2.05) is 41.3 Å². The summed E-state index contributed by atoms with van der Waals surface area (Å²) in [4.78, 5) is 12.8. The van der Waals surface area contributed by atoms with Crippen molar-refractivity contribution >= 4 is 17.5 Å². The van der Waals surface area contributed by atoms with Gasteiger partial charge in [0, 0.05) is 29.9 Å². The Morgan fingerprint density at radius 3 is 2.56 bits per heavy atom. The lowest BCUT2D eigenvalue weighted by Crippen LogP contribution is -2.59. The van der Waals surface area contributed by atoms with Crippen LogP contribution in [0.5, 0.6) is 5.75 Å². The SMILES string of the molecule is CC1(C)c2ccccc2N(Cc2ccc(F)c(F)c2)C12C=Cc1cc([N+](=O)[O-])ccc1O2. The second kappa shape index (κ2) is 6.88. The summed E-state index contributed by atoms with van der Waals surface area (Å²) in [5.74, 6) is -1.27. The van der Waals surface area contributed by atoms with Gasteiger partial charge in [-0.1, -0.05) is 24.3 Å². The molecule has 1 atom stereocenters. The van der Waals surface area contributed by atoms with Gasteiger partial charge in [0.05, 0.1) is 10.3 Å². The average molecular weight is 434 g/mol. The maximum absolute atomic E-state index is 13.9. The number of nitro benzene ring substituents is 1. The van der Waals surface area contributed by atoms with Crippen LogP contribution >= 0.6 is 0 Å². The summed E-state index contributed by atoms with van der Waals surface area (Å²) >= 11 is 0. The van der Waals surface area contributed by atoms with Crippen molar-refractivity contribution in [3.05, 3.63) is 105 Å². The molecule has 0 fully saturated rings. The Morgan fingerprint density at radius 2 is 1.81 bits per heavy atom. The molecule has 2 heterocycles. The lowest BCUT2D eigenvalue weighted by atomic mass is 9.76. The van der Waals surface area contributed by atoms with Crippen molar-refractivity contribution in [1.29, 1.82) is 0 Å². The van der Waals surface area contributed by atoms with Crippen LogP contribution < -0.4 is 9.64 Å². The van der Waals surface area contributed by atoms with Gasteiger partial charge in [-0.25, -0.2) is 8.78 Å². The summed E-state index contributed by atoms with van der Waals surface area (Å²) in [6.07, 6.45) is 3.73. The number of nitro groups is 1. The van der Waals surface area contributed by atoms with Gasteiger partial charge in [0.25, 0.3) is 5.69 Å². The highest BCUT2D eigenvalue weighted by Crippen LogP contribution is 2.55. The van der Waals surface area contributed by atoms with Gasteiger partial charge in [-0.3, -0.25) is 10.1 Å². The molecule has 2 aliphatic rings. The van der Waals surface area contributed by atoms with Gasteiger partial charge in [0.2, 0.25) is 5.72 Å². The van der Waals surface area contributed by atoms with Gasteiger partial charge >= 0.3 is 0 Å². The molecule has 1 unspecified atom stereocenters. The fraction of sp³-hybridized carbons (Fsp3) is 0.200. The minimum atomic E-state index is -0.968. The van der Waals surface area contributed by atoms with Crippen LogP contribution in [-0.2, 0) is 12.0 Å². The molecule has 0 amide bonds. The largest absolute Gasteiger partial charge is 0.463 e. The van der Waals surface area contributed by atoms with Crippen LogP contribution in [0.3, 0.4) is 0 Å². The van der Waals surface area contributed by atoms with E-state index in [0.29, 0.717) is 16.9 Å². The number of hydrogen-bond donors (Lipinski definition) is 0. The van der Waals surface area contributed by atoms with E-state index in [-0.39, 0.29) is 12.2 Å². The second-order valence-electron chi connectivity index (χ2n) is 8.59. The number of benzene rings is 3. The van der Waals surface area contributed by atoms with Crippen molar-refractivity contribution in [3.63, 3.8) is 0 Å². The molecule has 32 heavy (non-hydrogen) atoms. The fourth-order valence-electron chi connectivity index (χ4n) is 4.73. The van der Waals surface area contributed by atoms with Crippen LogP contribution in [0.2, 0.25) is 0 Å². The van der Waals surface area contributed by atoms with E-state index < -0.39 is 27.7 Å². The third-order valence-electron chi connectivity index (χ3n) is 6.45. The summed E-state index contributed by atoms with van der Waals surface area (Å²) in [5.41, 5.74) is 1.70. The van der Waals surface area contributed by atoms with Crippen molar-refractivity contribution in [2.24, 2.45) is 0 Å². The standard InChI is InChI=1S/C25H20F2N2O3/c1-24(2)19-5-3-4-6-22(19)28(15-16-7-9-20(26)21(27)13-16)25(24)12-11-17-14-18(29(30)31)8-10-23(17)32-25/h3-14H,15H2,1-2H3. The molecule has 3 aromatic carbocycles. The van der Waals surface area contributed by atoms with Crippen LogP contribution in [0, 0.1) is 21.7 Å². The highest BCUT2D eigenvalue weighted by Gasteiger charge is 2.58. The molecule has 0 saturated carbocycles. The van der Waals surface area contributed by atoms with E-state index >= 15 is 0 Å². The molecule has 5 rings (SSSR count). The minimum Gasteiger partial charge on any atom is -0.463 e. The van der Waals surface area contributed by atoms with E-state index in [1.165, 1.54) is 18.2 Å². The van der Waals surface area contributed by atoms with Crippen LogP contribution in [0.1, 0.15) is 30.5 Å². The summed E-state index contributed by atoms with van der Waals surface area (Å²) in [6, 6.07) is 16.3. The van der Waals surface area contributed by atoms with Gasteiger partial charge < -0.3 is 9.64 Å². The minimum absolute atomic E-state index is 0.0134. The number of nitrogens with zero attached hydrogens (tertiary/aromatic N) is 2. The molecule has 0 aliphatic carbocycles. The van der Waals surface area contributed by atoms with Crippen molar-refractivity contribution in [2.45, 2.75) is 31.5 Å². The second-order valence-corrected chi connectivity index (χ2v) is 8.59. The van der Waals surface area contributed by atoms with E-state index in [4.69, 9.17) is 4.74 Å². The number of non-ortho nitro benzene ring substituents is 1. The zero-order valence-electron chi connectivity index (χ0n) is 17.5. The molecule has 7 heteroatoms. The predicted molar refractivity (Wildman–Crippen MR) is 117 cm³/mol. The lowest BCUT2D eigenvalue weighted by Gasteiger charge is -2.47. The molecule has 0 saturated heterocycles. The van der Waals surface area contributed by atoms with E-state index in [2.05, 4.69) is 13.8 Å². The zero-order chi connectivity index (χ0) is 22.7. The number of ether oxygens (including phenoxy) is 1.